The number of hydrogen-bond acceptors (Lipinski definition) is 4. The van der Waals surface area contributed by atoms with Gasteiger partial charge in [-0.25, -0.2) is 4.79 Å². The van der Waals surface area contributed by atoms with Crippen molar-refractivity contribution in [3.8, 4) is 0 Å². The highest BCUT2D eigenvalue weighted by Crippen LogP contribution is 2.23. The summed E-state index contributed by atoms with van der Waals surface area (Å²) in [6.45, 7) is 0.112. The number of hydrogen-bond donors (Lipinski definition) is 1. The van der Waals surface area contributed by atoms with Crippen LogP contribution >= 0.6 is 11.6 Å². The molecule has 1 aliphatic rings. The molecule has 2 unspecified atom stereocenters. The molecule has 0 radical (unpaired) electrons. The van der Waals surface area contributed by atoms with Gasteiger partial charge >= 0.3 is 5.97 Å². The normalized spacial score (nSPS) is 22.6. The van der Waals surface area contributed by atoms with E-state index in [9.17, 15) is 14.7 Å². The van der Waals surface area contributed by atoms with Crippen LogP contribution in [0.5, 0.6) is 0 Å². The van der Waals surface area contributed by atoms with Crippen LogP contribution in [0.1, 0.15) is 16.9 Å². The SMILES string of the molecule is COC(=O)C1CC(O)CN1C(=O)c1cc(Cl)cn1C. The topological polar surface area (TPSA) is 71.8 Å². The molecule has 2 rings (SSSR count). The number of aromatic nitrogens is 1. The third-order valence-electron chi connectivity index (χ3n) is 3.20. The first-order chi connectivity index (χ1) is 8.93. The number of esters is 1. The number of methoxy groups -OCH3 is 1. The lowest BCUT2D eigenvalue weighted by Gasteiger charge is -2.22. The van der Waals surface area contributed by atoms with Gasteiger partial charge in [0.1, 0.15) is 11.7 Å². The molecule has 1 aliphatic heterocycles. The first-order valence-corrected chi connectivity index (χ1v) is 6.20. The standard InChI is InChI=1S/C12H15ClN2O4/c1-14-5-7(13)3-9(14)11(17)15-6-8(16)4-10(15)12(18)19-2/h3,5,8,10,16H,4,6H2,1-2H3. The van der Waals surface area contributed by atoms with E-state index in [2.05, 4.69) is 4.74 Å². The van der Waals surface area contributed by atoms with E-state index in [1.54, 1.807) is 17.8 Å². The largest absolute Gasteiger partial charge is 0.467 e. The van der Waals surface area contributed by atoms with Crippen molar-refractivity contribution in [3.05, 3.63) is 23.0 Å². The zero-order valence-corrected chi connectivity index (χ0v) is 11.4. The maximum absolute atomic E-state index is 12.4. The molecule has 6 nitrogen and oxygen atoms in total. The Labute approximate surface area is 115 Å². The van der Waals surface area contributed by atoms with E-state index >= 15 is 0 Å². The fourth-order valence-corrected chi connectivity index (χ4v) is 2.53. The van der Waals surface area contributed by atoms with E-state index in [-0.39, 0.29) is 18.9 Å². The number of amides is 1. The lowest BCUT2D eigenvalue weighted by atomic mass is 10.2. The Morgan fingerprint density at radius 3 is 2.74 bits per heavy atom. The highest BCUT2D eigenvalue weighted by atomic mass is 35.5. The first kappa shape index (κ1) is 13.9. The number of ether oxygens (including phenoxy) is 1. The molecule has 0 aliphatic carbocycles. The summed E-state index contributed by atoms with van der Waals surface area (Å²) < 4.78 is 6.24. The fourth-order valence-electron chi connectivity index (χ4n) is 2.28. The van der Waals surface area contributed by atoms with E-state index < -0.39 is 18.1 Å². The Kier molecular flexibility index (Phi) is 3.82. The van der Waals surface area contributed by atoms with Crippen LogP contribution in [0.4, 0.5) is 0 Å². The average molecular weight is 287 g/mol. The second kappa shape index (κ2) is 5.22. The van der Waals surface area contributed by atoms with Gasteiger partial charge in [0.05, 0.1) is 18.2 Å². The van der Waals surface area contributed by atoms with Crippen LogP contribution < -0.4 is 0 Å². The lowest BCUT2D eigenvalue weighted by molar-refractivity contribution is -0.145. The number of aryl methyl sites for hydroxylation is 1. The van der Waals surface area contributed by atoms with Gasteiger partial charge in [0, 0.05) is 26.2 Å². The summed E-state index contributed by atoms with van der Waals surface area (Å²) in [4.78, 5) is 25.3. The number of likely N-dealkylation sites (tertiary alicyclic amines) is 1. The van der Waals surface area contributed by atoms with Gasteiger partial charge in [-0.05, 0) is 6.07 Å². The zero-order valence-electron chi connectivity index (χ0n) is 10.7. The summed E-state index contributed by atoms with van der Waals surface area (Å²) in [6.07, 6.45) is 1.08. The first-order valence-electron chi connectivity index (χ1n) is 5.82. The molecule has 0 spiro atoms. The van der Waals surface area contributed by atoms with Gasteiger partial charge in [0.2, 0.25) is 0 Å². The number of nitrogens with zero attached hydrogens (tertiary/aromatic N) is 2. The van der Waals surface area contributed by atoms with E-state index in [1.807, 2.05) is 0 Å². The lowest BCUT2D eigenvalue weighted by Crippen LogP contribution is -2.41. The van der Waals surface area contributed by atoms with Crippen molar-refractivity contribution < 1.29 is 19.4 Å². The highest BCUT2D eigenvalue weighted by molar-refractivity contribution is 6.31. The van der Waals surface area contributed by atoms with Gasteiger partial charge in [0.15, 0.2) is 0 Å². The van der Waals surface area contributed by atoms with Crippen molar-refractivity contribution >= 4 is 23.5 Å². The summed E-state index contributed by atoms with van der Waals surface area (Å²) in [5.74, 6) is -0.869. The number of carbonyl (C=O) groups is 2. The van der Waals surface area contributed by atoms with Gasteiger partial charge < -0.3 is 19.3 Å². The van der Waals surface area contributed by atoms with Crippen molar-refractivity contribution in [2.45, 2.75) is 18.6 Å². The number of rotatable bonds is 2. The molecule has 0 saturated carbocycles. The Hall–Kier alpha value is -1.53. The van der Waals surface area contributed by atoms with Gasteiger partial charge in [0.25, 0.3) is 5.91 Å². The monoisotopic (exact) mass is 286 g/mol. The van der Waals surface area contributed by atoms with Gasteiger partial charge in [-0.2, -0.15) is 0 Å². The van der Waals surface area contributed by atoms with Crippen LogP contribution in [0.2, 0.25) is 5.02 Å². The Balaban J connectivity index is 2.26. The van der Waals surface area contributed by atoms with E-state index in [0.29, 0.717) is 10.7 Å². The molecular weight excluding hydrogens is 272 g/mol. The molecule has 1 N–H and O–H groups in total. The highest BCUT2D eigenvalue weighted by Gasteiger charge is 2.40. The third-order valence-corrected chi connectivity index (χ3v) is 3.41. The van der Waals surface area contributed by atoms with Crippen molar-refractivity contribution in [3.63, 3.8) is 0 Å². The molecule has 1 saturated heterocycles. The minimum Gasteiger partial charge on any atom is -0.467 e. The second-order valence-corrected chi connectivity index (χ2v) is 4.98. The van der Waals surface area contributed by atoms with E-state index in [0.717, 1.165) is 0 Å². The Bertz CT molecular complexity index is 514. The van der Waals surface area contributed by atoms with Crippen LogP contribution in [0.3, 0.4) is 0 Å². The molecule has 2 heterocycles. The van der Waals surface area contributed by atoms with Gasteiger partial charge in [-0.15, -0.1) is 0 Å². The van der Waals surface area contributed by atoms with Crippen molar-refractivity contribution in [1.82, 2.24) is 9.47 Å². The summed E-state index contributed by atoms with van der Waals surface area (Å²) in [7, 11) is 2.95. The molecular formula is C12H15ClN2O4. The number of carbonyl (C=O) groups excluding carboxylic acids is 2. The Morgan fingerprint density at radius 2 is 2.21 bits per heavy atom. The summed E-state index contributed by atoms with van der Waals surface area (Å²) >= 11 is 5.84. The molecule has 1 fully saturated rings. The molecule has 2 atom stereocenters. The van der Waals surface area contributed by atoms with Crippen LogP contribution in [0.15, 0.2) is 12.3 Å². The van der Waals surface area contributed by atoms with Crippen LogP contribution in [0.25, 0.3) is 0 Å². The van der Waals surface area contributed by atoms with Gasteiger partial charge in [-0.1, -0.05) is 11.6 Å². The van der Waals surface area contributed by atoms with Crippen molar-refractivity contribution in [2.24, 2.45) is 7.05 Å². The van der Waals surface area contributed by atoms with Crippen LogP contribution in [0, 0.1) is 0 Å². The molecule has 19 heavy (non-hydrogen) atoms. The van der Waals surface area contributed by atoms with Crippen LogP contribution in [-0.2, 0) is 16.6 Å². The summed E-state index contributed by atoms with van der Waals surface area (Å²) in [5.41, 5.74) is 0.369. The maximum atomic E-state index is 12.4. The smallest absolute Gasteiger partial charge is 0.328 e. The minimum absolute atomic E-state index is 0.112. The predicted molar refractivity (Wildman–Crippen MR) is 67.9 cm³/mol. The zero-order chi connectivity index (χ0) is 14.2. The summed E-state index contributed by atoms with van der Waals surface area (Å²) in [6, 6.07) is 0.782. The third kappa shape index (κ3) is 2.59. The Morgan fingerprint density at radius 1 is 1.53 bits per heavy atom. The quantitative estimate of drug-likeness (QED) is 0.800. The fraction of sp³-hybridized carbons (Fsp3) is 0.500. The number of halogens is 1. The molecule has 1 aromatic rings. The molecule has 104 valence electrons. The van der Waals surface area contributed by atoms with E-state index in [4.69, 9.17) is 11.6 Å². The average Bonchev–Trinajstić information content (AvgIpc) is 2.90. The number of aliphatic hydroxyl groups is 1. The minimum atomic E-state index is -0.749. The van der Waals surface area contributed by atoms with Gasteiger partial charge in [-0.3, -0.25) is 4.79 Å². The maximum Gasteiger partial charge on any atom is 0.328 e. The second-order valence-electron chi connectivity index (χ2n) is 4.54. The summed E-state index contributed by atoms with van der Waals surface area (Å²) in [5, 5.41) is 10.1. The molecule has 1 amide bonds. The molecule has 0 bridgehead atoms. The van der Waals surface area contributed by atoms with Crippen LogP contribution in [-0.4, -0.2) is 52.3 Å². The van der Waals surface area contributed by atoms with Crippen molar-refractivity contribution in [2.75, 3.05) is 13.7 Å². The predicted octanol–water partition coefficient (Wildman–Crippen LogP) is 0.427. The molecule has 7 heteroatoms. The van der Waals surface area contributed by atoms with Crippen molar-refractivity contribution in [1.29, 1.82) is 0 Å². The van der Waals surface area contributed by atoms with E-state index in [1.165, 1.54) is 18.1 Å². The molecule has 1 aromatic heterocycles. The number of aliphatic hydroxyl groups excluding tert-OH is 1. The number of β-amino-alcohol motifs (C(OH)–C–C–N with tert-alkyl or cyclic N) is 1. The molecule has 0 aromatic carbocycles.